The molecule has 4 N–H and O–H groups in total. The largest absolute Gasteiger partial charge is 0.465 e. The Balaban J connectivity index is 1.38. The van der Waals surface area contributed by atoms with Gasteiger partial charge in [-0.1, -0.05) is 60.3 Å². The maximum atomic E-state index is 11.9. The molecule has 1 fully saturated rings. The van der Waals surface area contributed by atoms with Crippen molar-refractivity contribution in [1.29, 1.82) is 0 Å². The number of nitrogens with zero attached hydrogens (tertiary/aromatic N) is 2. The first kappa shape index (κ1) is 27.6. The van der Waals surface area contributed by atoms with Gasteiger partial charge in [0.2, 0.25) is 0 Å². The molecular weight excluding hydrogens is 510 g/mol. The van der Waals surface area contributed by atoms with Crippen molar-refractivity contribution in [3.05, 3.63) is 77.1 Å². The minimum atomic E-state index is -0.582. The molecule has 0 bridgehead atoms. The van der Waals surface area contributed by atoms with E-state index in [-0.39, 0.29) is 38.5 Å². The second-order valence-corrected chi connectivity index (χ2v) is 9.54. The minimum Gasteiger partial charge on any atom is -0.465 e. The summed E-state index contributed by atoms with van der Waals surface area (Å²) in [5, 5.41) is 22.0. The number of carbonyl (C=O) groups is 2. The molecule has 1 saturated heterocycles. The molecule has 0 aliphatic carbocycles. The van der Waals surface area contributed by atoms with Gasteiger partial charge in [0.15, 0.2) is 11.4 Å². The smallest absolute Gasteiger partial charge is 0.325 e. The molecule has 3 unspecified atom stereocenters. The molecule has 12 heteroatoms. The highest BCUT2D eigenvalue weighted by Gasteiger charge is 2.32. The van der Waals surface area contributed by atoms with Gasteiger partial charge in [0, 0.05) is 24.3 Å². The number of nitrogens with one attached hydrogen (secondary N) is 3. The van der Waals surface area contributed by atoms with E-state index in [1.165, 1.54) is 18.1 Å². The zero-order chi connectivity index (χ0) is 26.7. The maximum Gasteiger partial charge on any atom is 0.325 e. The van der Waals surface area contributed by atoms with Gasteiger partial charge in [0.1, 0.15) is 12.9 Å². The minimum absolute atomic E-state index is 0.0117. The van der Waals surface area contributed by atoms with E-state index in [4.69, 9.17) is 14.2 Å². The zero-order valence-corrected chi connectivity index (χ0v) is 21.8. The van der Waals surface area contributed by atoms with Crippen molar-refractivity contribution < 1.29 is 28.9 Å². The van der Waals surface area contributed by atoms with Gasteiger partial charge in [0.05, 0.1) is 25.4 Å². The van der Waals surface area contributed by atoms with Crippen LogP contribution in [0.25, 0.3) is 0 Å². The van der Waals surface area contributed by atoms with E-state index in [0.717, 1.165) is 27.4 Å². The van der Waals surface area contributed by atoms with E-state index in [9.17, 15) is 14.7 Å². The number of benzene rings is 2. The summed E-state index contributed by atoms with van der Waals surface area (Å²) >= 11 is 1.54. The van der Waals surface area contributed by atoms with E-state index in [0.29, 0.717) is 12.2 Å². The highest BCUT2D eigenvalue weighted by atomic mass is 32.2. The number of esters is 1. The normalized spacial score (nSPS) is 19.1. The Kier molecular flexibility index (Phi) is 10.1. The zero-order valence-electron chi connectivity index (χ0n) is 21.0. The number of aliphatic hydroxyl groups is 1. The van der Waals surface area contributed by atoms with Gasteiger partial charge in [-0.2, -0.15) is 5.10 Å². The Morgan fingerprint density at radius 3 is 2.50 bits per heavy atom. The second-order valence-electron chi connectivity index (χ2n) is 8.53. The van der Waals surface area contributed by atoms with Crippen LogP contribution in [0.5, 0.6) is 0 Å². The average Bonchev–Trinajstić information content (AvgIpc) is 3.48. The van der Waals surface area contributed by atoms with E-state index in [1.54, 1.807) is 6.92 Å². The number of aromatic nitrogens is 3. The van der Waals surface area contributed by atoms with Crippen LogP contribution in [0.1, 0.15) is 48.0 Å². The second kappa shape index (κ2) is 13.9. The molecule has 3 atom stereocenters. The SMILES string of the molecule is CCOC(=O)CNC(=O)NCc1ccc(C2OC(CSc3ncn[nH]3)CC(c3ccc(CO)cc3)O2)cc1. The van der Waals surface area contributed by atoms with Gasteiger partial charge in [-0.3, -0.25) is 9.89 Å². The lowest BCUT2D eigenvalue weighted by atomic mass is 10.0. The van der Waals surface area contributed by atoms with Gasteiger partial charge >= 0.3 is 12.0 Å². The van der Waals surface area contributed by atoms with E-state index in [1.807, 2.05) is 48.5 Å². The number of hydrogen-bond acceptors (Lipinski definition) is 9. The predicted octanol–water partition coefficient (Wildman–Crippen LogP) is 3.00. The van der Waals surface area contributed by atoms with Crippen LogP contribution in [0.15, 0.2) is 60.0 Å². The first-order chi connectivity index (χ1) is 18.5. The van der Waals surface area contributed by atoms with Crippen molar-refractivity contribution in [2.45, 2.75) is 50.2 Å². The summed E-state index contributed by atoms with van der Waals surface area (Å²) in [5.74, 6) is 0.183. The topological polar surface area (TPSA) is 148 Å². The summed E-state index contributed by atoms with van der Waals surface area (Å²) in [5.41, 5.74) is 3.59. The molecule has 3 aromatic rings. The molecule has 2 heterocycles. The van der Waals surface area contributed by atoms with Crippen molar-refractivity contribution in [1.82, 2.24) is 25.8 Å². The number of hydrogen-bond donors (Lipinski definition) is 4. The summed E-state index contributed by atoms with van der Waals surface area (Å²) in [4.78, 5) is 27.5. The number of amides is 2. The predicted molar refractivity (Wildman–Crippen MR) is 139 cm³/mol. The molecule has 1 aliphatic heterocycles. The van der Waals surface area contributed by atoms with Crippen LogP contribution in [-0.2, 0) is 32.2 Å². The molecule has 4 rings (SSSR count). The van der Waals surface area contributed by atoms with Crippen LogP contribution in [0.2, 0.25) is 0 Å². The Morgan fingerprint density at radius 2 is 1.82 bits per heavy atom. The summed E-state index contributed by atoms with van der Waals surface area (Å²) in [6.07, 6.45) is 1.27. The molecule has 0 saturated carbocycles. The fraction of sp³-hybridized carbons (Fsp3) is 0.385. The third kappa shape index (κ3) is 8.02. The lowest BCUT2D eigenvalue weighted by molar-refractivity contribution is -0.245. The Hall–Kier alpha value is -3.45. The Labute approximate surface area is 224 Å². The van der Waals surface area contributed by atoms with E-state index in [2.05, 4.69) is 25.8 Å². The van der Waals surface area contributed by atoms with E-state index >= 15 is 0 Å². The number of aromatic amines is 1. The monoisotopic (exact) mass is 541 g/mol. The standard InChI is InChI=1S/C26H31N5O6S/c1-2-35-23(33)13-28-25(34)27-12-17-3-9-20(10-4-17)24-36-21(15-38-26-29-16-30-31-26)11-22(37-24)19-7-5-18(14-32)6-8-19/h3-10,16,21-22,24,32H,2,11-15H2,1H3,(H2,27,28,34)(H,29,30,31). The number of carbonyl (C=O) groups excluding carboxylic acids is 2. The van der Waals surface area contributed by atoms with Gasteiger partial charge in [-0.25, -0.2) is 9.78 Å². The number of aliphatic hydroxyl groups excluding tert-OH is 1. The van der Waals surface area contributed by atoms with Crippen LogP contribution in [0.3, 0.4) is 0 Å². The number of rotatable bonds is 11. The first-order valence-electron chi connectivity index (χ1n) is 12.3. The number of thioether (sulfide) groups is 1. The molecule has 38 heavy (non-hydrogen) atoms. The third-order valence-corrected chi connectivity index (χ3v) is 6.83. The lowest BCUT2D eigenvalue weighted by Crippen LogP contribution is -2.38. The maximum absolute atomic E-state index is 11.9. The Bertz CT molecular complexity index is 1160. The van der Waals surface area contributed by atoms with Crippen LogP contribution in [0, 0.1) is 0 Å². The molecule has 2 amide bonds. The van der Waals surface area contributed by atoms with Crippen LogP contribution >= 0.6 is 11.8 Å². The molecule has 1 aromatic heterocycles. The average molecular weight is 542 g/mol. The first-order valence-corrected chi connectivity index (χ1v) is 13.3. The van der Waals surface area contributed by atoms with Crippen LogP contribution in [-0.4, -0.2) is 57.3 Å². The van der Waals surface area contributed by atoms with Crippen molar-refractivity contribution in [3.63, 3.8) is 0 Å². The Morgan fingerprint density at radius 1 is 1.08 bits per heavy atom. The molecule has 1 aliphatic rings. The number of ether oxygens (including phenoxy) is 3. The summed E-state index contributed by atoms with van der Waals surface area (Å²) in [6, 6.07) is 14.9. The highest BCUT2D eigenvalue weighted by molar-refractivity contribution is 7.99. The molecule has 0 radical (unpaired) electrons. The van der Waals surface area contributed by atoms with Gasteiger partial charge in [-0.15, -0.1) is 0 Å². The third-order valence-electron chi connectivity index (χ3n) is 5.82. The molecule has 2 aromatic carbocycles. The van der Waals surface area contributed by atoms with Gasteiger partial charge < -0.3 is 30.0 Å². The number of urea groups is 1. The van der Waals surface area contributed by atoms with Crippen molar-refractivity contribution in [2.75, 3.05) is 18.9 Å². The molecule has 202 valence electrons. The quantitative estimate of drug-likeness (QED) is 0.212. The molecule has 0 spiro atoms. The van der Waals surface area contributed by atoms with E-state index < -0.39 is 18.3 Å². The number of H-pyrrole nitrogens is 1. The fourth-order valence-electron chi connectivity index (χ4n) is 3.86. The lowest BCUT2D eigenvalue weighted by Gasteiger charge is -2.36. The summed E-state index contributed by atoms with van der Waals surface area (Å²) < 4.78 is 17.5. The van der Waals surface area contributed by atoms with Crippen LogP contribution in [0.4, 0.5) is 4.79 Å². The van der Waals surface area contributed by atoms with Crippen molar-refractivity contribution in [2.24, 2.45) is 0 Å². The van der Waals surface area contributed by atoms with Gasteiger partial charge in [-0.05, 0) is 23.6 Å². The molecule has 11 nitrogen and oxygen atoms in total. The summed E-state index contributed by atoms with van der Waals surface area (Å²) in [7, 11) is 0. The molecular formula is C26H31N5O6S. The van der Waals surface area contributed by atoms with Crippen molar-refractivity contribution >= 4 is 23.8 Å². The van der Waals surface area contributed by atoms with Crippen LogP contribution < -0.4 is 10.6 Å². The van der Waals surface area contributed by atoms with Crippen molar-refractivity contribution in [3.8, 4) is 0 Å². The fourth-order valence-corrected chi connectivity index (χ4v) is 4.66. The van der Waals surface area contributed by atoms with Gasteiger partial charge in [0.25, 0.3) is 0 Å². The highest BCUT2D eigenvalue weighted by Crippen LogP contribution is 2.39. The summed E-state index contributed by atoms with van der Waals surface area (Å²) in [6.45, 7) is 2.06.